The lowest BCUT2D eigenvalue weighted by molar-refractivity contribution is 0.0765. The zero-order valence-corrected chi connectivity index (χ0v) is 16.5. The minimum atomic E-state index is -0.446. The van der Waals surface area contributed by atoms with Crippen LogP contribution < -0.4 is 10.9 Å². The fourth-order valence-corrected chi connectivity index (χ4v) is 4.24. The topological polar surface area (TPSA) is 85.5 Å². The van der Waals surface area contributed by atoms with Crippen molar-refractivity contribution in [3.63, 3.8) is 0 Å². The van der Waals surface area contributed by atoms with E-state index in [0.29, 0.717) is 17.3 Å². The van der Waals surface area contributed by atoms with Crippen molar-refractivity contribution in [1.82, 2.24) is 20.1 Å². The van der Waals surface area contributed by atoms with Crippen molar-refractivity contribution in [2.75, 3.05) is 33.2 Å². The maximum atomic E-state index is 12.7. The van der Waals surface area contributed by atoms with Gasteiger partial charge in [-0.1, -0.05) is 0 Å². The molecule has 7 nitrogen and oxygen atoms in total. The Bertz CT molecular complexity index is 765. The number of rotatable bonds is 4. The first-order valence-electron chi connectivity index (χ1n) is 9.83. The average Bonchev–Trinajstić information content (AvgIpc) is 2.62. The second kappa shape index (κ2) is 8.35. The van der Waals surface area contributed by atoms with Crippen LogP contribution in [0, 0.1) is 6.92 Å². The van der Waals surface area contributed by atoms with Gasteiger partial charge in [-0.05, 0) is 72.3 Å². The Morgan fingerprint density at radius 2 is 1.85 bits per heavy atom. The maximum absolute atomic E-state index is 12.7. The lowest BCUT2D eigenvalue weighted by Gasteiger charge is -2.41. The monoisotopic (exact) mass is 374 g/mol. The molecule has 0 radical (unpaired) electrons. The molecule has 0 aliphatic carbocycles. The van der Waals surface area contributed by atoms with Crippen LogP contribution >= 0.6 is 0 Å². The molecule has 2 saturated heterocycles. The third kappa shape index (κ3) is 4.65. The Balaban J connectivity index is 1.66. The lowest BCUT2D eigenvalue weighted by Crippen LogP contribution is -2.53. The number of likely N-dealkylation sites (tertiary alicyclic amines) is 2. The molecule has 1 aromatic heterocycles. The van der Waals surface area contributed by atoms with Crippen LogP contribution in [0.4, 0.5) is 0 Å². The SMILES string of the molecule is CC(=O)c1cc(C(=O)N[C@H]2CCCN(C3CCN(C)CC3)C2)c(=O)[nH]c1C. The number of hydrogen-bond acceptors (Lipinski definition) is 5. The first-order chi connectivity index (χ1) is 12.8. The van der Waals surface area contributed by atoms with E-state index >= 15 is 0 Å². The fourth-order valence-electron chi connectivity index (χ4n) is 4.24. The Hall–Kier alpha value is -1.99. The van der Waals surface area contributed by atoms with Crippen LogP contribution in [-0.2, 0) is 0 Å². The molecular formula is C20H30N4O3. The van der Waals surface area contributed by atoms with Crippen LogP contribution in [0.25, 0.3) is 0 Å². The minimum Gasteiger partial charge on any atom is -0.348 e. The number of nitrogens with zero attached hydrogens (tertiary/aromatic N) is 2. The summed E-state index contributed by atoms with van der Waals surface area (Å²) in [6.07, 6.45) is 4.28. The number of carbonyl (C=O) groups excluding carboxylic acids is 2. The molecular weight excluding hydrogens is 344 g/mol. The van der Waals surface area contributed by atoms with Gasteiger partial charge in [-0.2, -0.15) is 0 Å². The molecule has 1 atom stereocenters. The summed E-state index contributed by atoms with van der Waals surface area (Å²) in [4.78, 5) is 44.1. The first kappa shape index (κ1) is 19.8. The average molecular weight is 374 g/mol. The van der Waals surface area contributed by atoms with Gasteiger partial charge in [0.2, 0.25) is 0 Å². The first-order valence-corrected chi connectivity index (χ1v) is 9.83. The van der Waals surface area contributed by atoms with Gasteiger partial charge in [-0.15, -0.1) is 0 Å². The van der Waals surface area contributed by atoms with E-state index < -0.39 is 11.5 Å². The summed E-state index contributed by atoms with van der Waals surface area (Å²) >= 11 is 0. The Morgan fingerprint density at radius 1 is 1.15 bits per heavy atom. The highest BCUT2D eigenvalue weighted by Gasteiger charge is 2.29. The van der Waals surface area contributed by atoms with E-state index in [1.165, 1.54) is 13.0 Å². The van der Waals surface area contributed by atoms with E-state index in [1.807, 2.05) is 0 Å². The number of ketones is 1. The largest absolute Gasteiger partial charge is 0.348 e. The molecule has 2 aliphatic rings. The molecule has 2 aliphatic heterocycles. The van der Waals surface area contributed by atoms with E-state index in [4.69, 9.17) is 0 Å². The molecule has 3 heterocycles. The van der Waals surface area contributed by atoms with Gasteiger partial charge in [0.25, 0.3) is 11.5 Å². The summed E-state index contributed by atoms with van der Waals surface area (Å²) in [5.74, 6) is -0.558. The highest BCUT2D eigenvalue weighted by Crippen LogP contribution is 2.20. The number of Topliss-reactive ketones (excluding diaryl/α,β-unsaturated/α-hetero) is 1. The second-order valence-corrected chi connectivity index (χ2v) is 7.95. The minimum absolute atomic E-state index is 0.0159. The predicted molar refractivity (Wildman–Crippen MR) is 104 cm³/mol. The number of aromatic amines is 1. The number of H-pyrrole nitrogens is 1. The lowest BCUT2D eigenvalue weighted by atomic mass is 9.98. The second-order valence-electron chi connectivity index (χ2n) is 7.95. The van der Waals surface area contributed by atoms with E-state index in [9.17, 15) is 14.4 Å². The Morgan fingerprint density at radius 3 is 2.52 bits per heavy atom. The van der Waals surface area contributed by atoms with Crippen LogP contribution in [-0.4, -0.2) is 71.8 Å². The molecule has 1 amide bonds. The van der Waals surface area contributed by atoms with Crippen molar-refractivity contribution in [3.8, 4) is 0 Å². The van der Waals surface area contributed by atoms with Crippen LogP contribution in [0.3, 0.4) is 0 Å². The fraction of sp³-hybridized carbons (Fsp3) is 0.650. The molecule has 0 saturated carbocycles. The van der Waals surface area contributed by atoms with E-state index in [0.717, 1.165) is 51.9 Å². The Labute approximate surface area is 160 Å². The molecule has 148 valence electrons. The Kier molecular flexibility index (Phi) is 6.11. The van der Waals surface area contributed by atoms with E-state index in [-0.39, 0.29) is 17.4 Å². The maximum Gasteiger partial charge on any atom is 0.261 e. The molecule has 3 rings (SSSR count). The zero-order chi connectivity index (χ0) is 19.6. The molecule has 1 aromatic rings. The standard InChI is InChI=1S/C20H30N4O3/c1-13-17(14(2)25)11-18(19(26)21-13)20(27)22-15-5-4-8-24(12-15)16-6-9-23(3)10-7-16/h11,15-16H,4-10,12H2,1-3H3,(H,21,26)(H,22,27)/t15-/m0/s1. The summed E-state index contributed by atoms with van der Waals surface area (Å²) in [5, 5.41) is 3.02. The number of amides is 1. The number of piperidine rings is 2. The molecule has 27 heavy (non-hydrogen) atoms. The van der Waals surface area contributed by atoms with Gasteiger partial charge in [-0.3, -0.25) is 19.3 Å². The molecule has 2 fully saturated rings. The zero-order valence-electron chi connectivity index (χ0n) is 16.5. The number of aryl methyl sites for hydroxylation is 1. The van der Waals surface area contributed by atoms with Gasteiger partial charge >= 0.3 is 0 Å². The molecule has 0 bridgehead atoms. The van der Waals surface area contributed by atoms with E-state index in [2.05, 4.69) is 27.1 Å². The number of pyridine rings is 1. The summed E-state index contributed by atoms with van der Waals surface area (Å²) in [7, 11) is 2.16. The van der Waals surface area contributed by atoms with Crippen LogP contribution in [0.1, 0.15) is 59.0 Å². The van der Waals surface area contributed by atoms with Crippen molar-refractivity contribution in [2.45, 2.75) is 51.6 Å². The number of carbonyl (C=O) groups is 2. The van der Waals surface area contributed by atoms with Gasteiger partial charge in [0.15, 0.2) is 5.78 Å². The number of nitrogens with one attached hydrogen (secondary N) is 2. The van der Waals surface area contributed by atoms with Crippen LogP contribution in [0.5, 0.6) is 0 Å². The highest BCUT2D eigenvalue weighted by atomic mass is 16.2. The number of aromatic nitrogens is 1. The molecule has 0 spiro atoms. The predicted octanol–water partition coefficient (Wildman–Crippen LogP) is 1.17. The third-order valence-electron chi connectivity index (χ3n) is 5.85. The van der Waals surface area contributed by atoms with Crippen LogP contribution in [0.15, 0.2) is 10.9 Å². The van der Waals surface area contributed by atoms with Gasteiger partial charge in [0.1, 0.15) is 5.56 Å². The number of hydrogen-bond donors (Lipinski definition) is 2. The van der Waals surface area contributed by atoms with Gasteiger partial charge in [-0.25, -0.2) is 0 Å². The third-order valence-corrected chi connectivity index (χ3v) is 5.85. The summed E-state index contributed by atoms with van der Waals surface area (Å²) < 4.78 is 0. The normalized spacial score (nSPS) is 22.6. The van der Waals surface area contributed by atoms with Crippen molar-refractivity contribution in [3.05, 3.63) is 33.2 Å². The quantitative estimate of drug-likeness (QED) is 0.773. The summed E-state index contributed by atoms with van der Waals surface area (Å²) in [6, 6.07) is 2.03. The van der Waals surface area contributed by atoms with E-state index in [1.54, 1.807) is 6.92 Å². The highest BCUT2D eigenvalue weighted by molar-refractivity contribution is 6.00. The van der Waals surface area contributed by atoms with Gasteiger partial charge in [0.05, 0.1) is 0 Å². The van der Waals surface area contributed by atoms with Crippen LogP contribution in [0.2, 0.25) is 0 Å². The van der Waals surface area contributed by atoms with Crippen molar-refractivity contribution >= 4 is 11.7 Å². The molecule has 0 unspecified atom stereocenters. The van der Waals surface area contributed by atoms with Gasteiger partial charge in [0, 0.05) is 29.9 Å². The van der Waals surface area contributed by atoms with Crippen molar-refractivity contribution in [2.24, 2.45) is 0 Å². The van der Waals surface area contributed by atoms with Gasteiger partial charge < -0.3 is 15.2 Å². The van der Waals surface area contributed by atoms with Crippen molar-refractivity contribution in [1.29, 1.82) is 0 Å². The molecule has 2 N–H and O–H groups in total. The van der Waals surface area contributed by atoms with Crippen molar-refractivity contribution < 1.29 is 9.59 Å². The summed E-state index contributed by atoms with van der Waals surface area (Å²) in [5.41, 5.74) is 0.451. The summed E-state index contributed by atoms with van der Waals surface area (Å²) in [6.45, 7) is 7.22. The molecule has 7 heteroatoms. The smallest absolute Gasteiger partial charge is 0.261 e. The molecule has 0 aromatic carbocycles.